The molecule has 0 unspecified atom stereocenters. The molecule has 108 valence electrons. The third kappa shape index (κ3) is 3.79. The molecule has 2 rings (SSSR count). The summed E-state index contributed by atoms with van der Waals surface area (Å²) in [6, 6.07) is 6.65. The molecule has 0 fully saturated rings. The fraction of sp³-hybridized carbons (Fsp3) is 0.0714. The van der Waals surface area contributed by atoms with Gasteiger partial charge in [-0.25, -0.2) is 14.2 Å². The summed E-state index contributed by atoms with van der Waals surface area (Å²) in [6.45, 7) is 0. The summed E-state index contributed by atoms with van der Waals surface area (Å²) in [5, 5.41) is 9.34. The van der Waals surface area contributed by atoms with Gasteiger partial charge in [0.2, 0.25) is 5.91 Å². The highest BCUT2D eigenvalue weighted by Crippen LogP contribution is 2.23. The van der Waals surface area contributed by atoms with Gasteiger partial charge < -0.3 is 10.8 Å². The Bertz CT molecular complexity index is 706. The predicted molar refractivity (Wildman–Crippen MR) is 75.7 cm³/mol. The Kier molecular flexibility index (Phi) is 4.54. The fourth-order valence-electron chi connectivity index (χ4n) is 1.61. The first-order valence-electron chi connectivity index (χ1n) is 5.88. The van der Waals surface area contributed by atoms with Gasteiger partial charge in [0, 0.05) is 17.5 Å². The summed E-state index contributed by atoms with van der Waals surface area (Å²) in [5.74, 6) is -1.93. The summed E-state index contributed by atoms with van der Waals surface area (Å²) < 4.78 is 13.7. The molecule has 1 aromatic carbocycles. The molecule has 21 heavy (non-hydrogen) atoms. The van der Waals surface area contributed by atoms with Crippen molar-refractivity contribution in [1.82, 2.24) is 4.98 Å². The Hall–Kier alpha value is -2.41. The zero-order valence-electron chi connectivity index (χ0n) is 10.7. The van der Waals surface area contributed by atoms with Gasteiger partial charge in [-0.1, -0.05) is 0 Å². The van der Waals surface area contributed by atoms with E-state index in [1.165, 1.54) is 48.3 Å². The highest BCUT2D eigenvalue weighted by atomic mass is 32.2. The molecule has 0 radical (unpaired) electrons. The lowest BCUT2D eigenvalue weighted by atomic mass is 10.1. The van der Waals surface area contributed by atoms with Crippen LogP contribution in [0.2, 0.25) is 0 Å². The molecule has 1 amide bonds. The van der Waals surface area contributed by atoms with E-state index in [0.29, 0.717) is 10.6 Å². The average molecular weight is 306 g/mol. The maximum atomic E-state index is 13.7. The van der Waals surface area contributed by atoms with E-state index in [9.17, 15) is 14.0 Å². The quantitative estimate of drug-likeness (QED) is 0.827. The van der Waals surface area contributed by atoms with Crippen LogP contribution in [0, 0.1) is 5.82 Å². The van der Waals surface area contributed by atoms with Gasteiger partial charge in [0.25, 0.3) is 0 Å². The van der Waals surface area contributed by atoms with Crippen molar-refractivity contribution in [2.45, 2.75) is 10.8 Å². The zero-order valence-corrected chi connectivity index (χ0v) is 11.6. The summed E-state index contributed by atoms with van der Waals surface area (Å²) in [4.78, 5) is 25.9. The third-order valence-corrected chi connectivity index (χ3v) is 3.66. The third-order valence-electron chi connectivity index (χ3n) is 2.69. The van der Waals surface area contributed by atoms with Crippen molar-refractivity contribution in [1.29, 1.82) is 0 Å². The molecule has 1 heterocycles. The van der Waals surface area contributed by atoms with Crippen LogP contribution in [0.25, 0.3) is 0 Å². The number of benzene rings is 1. The Morgan fingerprint density at radius 3 is 2.67 bits per heavy atom. The molecule has 0 saturated heterocycles. The van der Waals surface area contributed by atoms with E-state index in [2.05, 4.69) is 4.98 Å². The standard InChI is InChI=1S/C14H11FN2O3S/c15-11-2-1-8(13(16)18)5-10(11)7-21-12-6-9(14(19)20)3-4-17-12/h1-6H,7H2,(H2,16,18)(H,19,20). The number of carbonyl (C=O) groups excluding carboxylic acids is 1. The molecule has 2 aromatic rings. The van der Waals surface area contributed by atoms with Gasteiger partial charge in [-0.3, -0.25) is 4.79 Å². The van der Waals surface area contributed by atoms with Crippen LogP contribution in [0.1, 0.15) is 26.3 Å². The fourth-order valence-corrected chi connectivity index (χ4v) is 2.48. The highest BCUT2D eigenvalue weighted by molar-refractivity contribution is 7.98. The first-order valence-corrected chi connectivity index (χ1v) is 6.86. The second kappa shape index (κ2) is 6.36. The molecular formula is C14H11FN2O3S. The Morgan fingerprint density at radius 1 is 1.24 bits per heavy atom. The number of amides is 1. The number of nitrogens with two attached hydrogens (primary N) is 1. The maximum absolute atomic E-state index is 13.7. The van der Waals surface area contributed by atoms with Gasteiger partial charge in [-0.05, 0) is 35.9 Å². The Balaban J connectivity index is 2.16. The molecule has 3 N–H and O–H groups in total. The number of pyridine rings is 1. The number of carboxylic acids is 1. The van der Waals surface area contributed by atoms with Crippen molar-refractivity contribution in [3.63, 3.8) is 0 Å². The molecule has 0 saturated carbocycles. The number of primary amides is 1. The summed E-state index contributed by atoms with van der Waals surface area (Å²) >= 11 is 1.17. The number of carboxylic acid groups (broad SMARTS) is 1. The second-order valence-corrected chi connectivity index (χ2v) is 5.14. The van der Waals surface area contributed by atoms with E-state index in [1.807, 2.05) is 0 Å². The van der Waals surface area contributed by atoms with Crippen LogP contribution in [0.4, 0.5) is 4.39 Å². The van der Waals surface area contributed by atoms with E-state index >= 15 is 0 Å². The molecule has 0 bridgehead atoms. The lowest BCUT2D eigenvalue weighted by Gasteiger charge is -2.05. The molecule has 0 aliphatic carbocycles. The van der Waals surface area contributed by atoms with Crippen molar-refractivity contribution < 1.29 is 19.1 Å². The number of aromatic carboxylic acids is 1. The predicted octanol–water partition coefficient (Wildman–Crippen LogP) is 2.31. The topological polar surface area (TPSA) is 93.3 Å². The first-order chi connectivity index (χ1) is 9.97. The molecule has 5 nitrogen and oxygen atoms in total. The SMILES string of the molecule is NC(=O)c1ccc(F)c(CSc2cc(C(=O)O)ccn2)c1. The number of aromatic nitrogens is 1. The molecule has 0 aliphatic heterocycles. The zero-order chi connectivity index (χ0) is 15.4. The van der Waals surface area contributed by atoms with E-state index in [4.69, 9.17) is 10.8 Å². The minimum atomic E-state index is -1.05. The van der Waals surface area contributed by atoms with Gasteiger partial charge in [-0.15, -0.1) is 11.8 Å². The highest BCUT2D eigenvalue weighted by Gasteiger charge is 2.09. The van der Waals surface area contributed by atoms with E-state index < -0.39 is 17.7 Å². The minimum Gasteiger partial charge on any atom is -0.478 e. The lowest BCUT2D eigenvalue weighted by Crippen LogP contribution is -2.11. The largest absolute Gasteiger partial charge is 0.478 e. The normalized spacial score (nSPS) is 10.3. The van der Waals surface area contributed by atoms with Crippen molar-refractivity contribution in [2.24, 2.45) is 5.73 Å². The first kappa shape index (κ1) is 15.0. The minimum absolute atomic E-state index is 0.110. The van der Waals surface area contributed by atoms with Crippen molar-refractivity contribution >= 4 is 23.6 Å². The average Bonchev–Trinajstić information content (AvgIpc) is 2.46. The van der Waals surface area contributed by atoms with E-state index in [-0.39, 0.29) is 16.9 Å². The van der Waals surface area contributed by atoms with Gasteiger partial charge in [0.15, 0.2) is 0 Å². The van der Waals surface area contributed by atoms with Crippen molar-refractivity contribution in [2.75, 3.05) is 0 Å². The Labute approximate surface area is 124 Å². The van der Waals surface area contributed by atoms with E-state index in [0.717, 1.165) is 0 Å². The molecule has 0 spiro atoms. The summed E-state index contributed by atoms with van der Waals surface area (Å²) in [7, 11) is 0. The number of hydrogen-bond donors (Lipinski definition) is 2. The van der Waals surface area contributed by atoms with Gasteiger partial charge in [-0.2, -0.15) is 0 Å². The van der Waals surface area contributed by atoms with Crippen LogP contribution < -0.4 is 5.73 Å². The van der Waals surface area contributed by atoms with Gasteiger partial charge >= 0.3 is 5.97 Å². The number of halogens is 1. The van der Waals surface area contributed by atoms with E-state index in [1.54, 1.807) is 0 Å². The van der Waals surface area contributed by atoms with Crippen LogP contribution in [0.5, 0.6) is 0 Å². The summed E-state index contributed by atoms with van der Waals surface area (Å²) in [6.07, 6.45) is 1.38. The number of rotatable bonds is 5. The van der Waals surface area contributed by atoms with Gasteiger partial charge in [0.1, 0.15) is 5.82 Å². The molecule has 7 heteroatoms. The Morgan fingerprint density at radius 2 is 2.00 bits per heavy atom. The van der Waals surface area contributed by atoms with Crippen LogP contribution in [-0.4, -0.2) is 22.0 Å². The second-order valence-electron chi connectivity index (χ2n) is 4.15. The smallest absolute Gasteiger partial charge is 0.335 e. The van der Waals surface area contributed by atoms with Crippen molar-refractivity contribution in [3.05, 3.63) is 59.0 Å². The number of hydrogen-bond acceptors (Lipinski definition) is 4. The monoisotopic (exact) mass is 306 g/mol. The molecule has 0 aliphatic rings. The number of thioether (sulfide) groups is 1. The number of nitrogens with zero attached hydrogens (tertiary/aromatic N) is 1. The maximum Gasteiger partial charge on any atom is 0.335 e. The van der Waals surface area contributed by atoms with Crippen LogP contribution >= 0.6 is 11.8 Å². The lowest BCUT2D eigenvalue weighted by molar-refractivity contribution is 0.0696. The van der Waals surface area contributed by atoms with Crippen LogP contribution in [-0.2, 0) is 5.75 Å². The summed E-state index contributed by atoms with van der Waals surface area (Å²) in [5.41, 5.74) is 5.78. The van der Waals surface area contributed by atoms with Crippen LogP contribution in [0.15, 0.2) is 41.6 Å². The van der Waals surface area contributed by atoms with Crippen LogP contribution in [0.3, 0.4) is 0 Å². The molecule has 1 aromatic heterocycles. The van der Waals surface area contributed by atoms with Crippen molar-refractivity contribution in [3.8, 4) is 0 Å². The van der Waals surface area contributed by atoms with Gasteiger partial charge in [0.05, 0.1) is 10.6 Å². The number of carbonyl (C=O) groups is 2. The molecular weight excluding hydrogens is 295 g/mol. The molecule has 0 atom stereocenters.